The summed E-state index contributed by atoms with van der Waals surface area (Å²) in [6.45, 7) is 1.83. The van der Waals surface area contributed by atoms with Gasteiger partial charge in [-0.3, -0.25) is 4.79 Å². The van der Waals surface area contributed by atoms with Gasteiger partial charge in [-0.15, -0.1) is 0 Å². The number of rotatable bonds is 4. The maximum absolute atomic E-state index is 12.2. The van der Waals surface area contributed by atoms with Crippen LogP contribution in [0.2, 0.25) is 5.02 Å². The zero-order valence-electron chi connectivity index (χ0n) is 12.8. The molecule has 0 heterocycles. The molecule has 0 saturated carbocycles. The molecule has 0 aliphatic rings. The van der Waals surface area contributed by atoms with Crippen molar-refractivity contribution in [3.05, 3.63) is 70.4 Å². The highest BCUT2D eigenvalue weighted by Crippen LogP contribution is 2.23. The van der Waals surface area contributed by atoms with Gasteiger partial charge < -0.3 is 10.6 Å². The summed E-state index contributed by atoms with van der Waals surface area (Å²) in [6, 6.07) is 15.7. The first-order chi connectivity index (χ1) is 11.6. The van der Waals surface area contributed by atoms with E-state index in [-0.39, 0.29) is 5.57 Å². The number of nitriles is 2. The summed E-state index contributed by atoms with van der Waals surface area (Å²) >= 11 is 6.03. The van der Waals surface area contributed by atoms with Crippen LogP contribution in [0.5, 0.6) is 0 Å². The van der Waals surface area contributed by atoms with Crippen molar-refractivity contribution in [2.45, 2.75) is 6.92 Å². The lowest BCUT2D eigenvalue weighted by molar-refractivity contribution is -0.112. The van der Waals surface area contributed by atoms with Gasteiger partial charge in [0.1, 0.15) is 17.7 Å². The van der Waals surface area contributed by atoms with E-state index in [1.165, 1.54) is 6.20 Å². The van der Waals surface area contributed by atoms with E-state index < -0.39 is 5.91 Å². The number of nitrogens with zero attached hydrogens (tertiary/aromatic N) is 2. The molecule has 2 aromatic rings. The number of para-hydroxylation sites is 1. The SMILES string of the molecule is Cc1c(Cl)cccc1N/C=C(/C#N)C(=O)Nc1ccccc1C#N. The van der Waals surface area contributed by atoms with Gasteiger partial charge in [0.2, 0.25) is 0 Å². The van der Waals surface area contributed by atoms with E-state index in [0.717, 1.165) is 5.56 Å². The van der Waals surface area contributed by atoms with Crippen molar-refractivity contribution in [2.75, 3.05) is 10.6 Å². The number of halogens is 1. The maximum Gasteiger partial charge on any atom is 0.267 e. The van der Waals surface area contributed by atoms with Crippen LogP contribution < -0.4 is 10.6 Å². The fourth-order valence-corrected chi connectivity index (χ4v) is 2.12. The lowest BCUT2D eigenvalue weighted by Crippen LogP contribution is -2.15. The van der Waals surface area contributed by atoms with Gasteiger partial charge in [0.15, 0.2) is 0 Å². The molecule has 0 aliphatic carbocycles. The number of anilines is 2. The summed E-state index contributed by atoms with van der Waals surface area (Å²) in [7, 11) is 0. The van der Waals surface area contributed by atoms with E-state index in [1.54, 1.807) is 42.5 Å². The van der Waals surface area contributed by atoms with Crippen LogP contribution >= 0.6 is 11.6 Å². The molecule has 0 bridgehead atoms. The molecule has 0 atom stereocenters. The van der Waals surface area contributed by atoms with Crippen molar-refractivity contribution < 1.29 is 4.79 Å². The largest absolute Gasteiger partial charge is 0.360 e. The molecule has 0 aliphatic heterocycles. The molecular formula is C18H13ClN4O. The van der Waals surface area contributed by atoms with Crippen LogP contribution in [0.4, 0.5) is 11.4 Å². The molecule has 2 rings (SSSR count). The van der Waals surface area contributed by atoms with E-state index >= 15 is 0 Å². The quantitative estimate of drug-likeness (QED) is 0.653. The first kappa shape index (κ1) is 17.1. The molecule has 0 aromatic heterocycles. The molecule has 2 aromatic carbocycles. The fraction of sp³-hybridized carbons (Fsp3) is 0.0556. The van der Waals surface area contributed by atoms with Crippen LogP contribution in [-0.4, -0.2) is 5.91 Å². The number of carbonyl (C=O) groups excluding carboxylic acids is 1. The zero-order valence-corrected chi connectivity index (χ0v) is 13.6. The predicted molar refractivity (Wildman–Crippen MR) is 93.3 cm³/mol. The van der Waals surface area contributed by atoms with Gasteiger partial charge in [-0.25, -0.2) is 0 Å². The number of amides is 1. The van der Waals surface area contributed by atoms with Gasteiger partial charge in [-0.2, -0.15) is 10.5 Å². The second-order valence-corrected chi connectivity index (χ2v) is 5.25. The van der Waals surface area contributed by atoms with Crippen LogP contribution in [0.3, 0.4) is 0 Å². The third-order valence-electron chi connectivity index (χ3n) is 3.30. The Bertz CT molecular complexity index is 891. The van der Waals surface area contributed by atoms with Crippen molar-refractivity contribution in [3.63, 3.8) is 0 Å². The number of benzene rings is 2. The molecule has 1 amide bonds. The number of hydrogen-bond donors (Lipinski definition) is 2. The van der Waals surface area contributed by atoms with Gasteiger partial charge in [-0.05, 0) is 36.8 Å². The number of nitrogens with one attached hydrogen (secondary N) is 2. The topological polar surface area (TPSA) is 88.7 Å². The second kappa shape index (κ2) is 7.82. The lowest BCUT2D eigenvalue weighted by Gasteiger charge is -2.08. The van der Waals surface area contributed by atoms with Crippen molar-refractivity contribution in [2.24, 2.45) is 0 Å². The van der Waals surface area contributed by atoms with E-state index in [2.05, 4.69) is 10.6 Å². The van der Waals surface area contributed by atoms with E-state index in [4.69, 9.17) is 16.9 Å². The fourth-order valence-electron chi connectivity index (χ4n) is 1.94. The van der Waals surface area contributed by atoms with Gasteiger partial charge in [0.25, 0.3) is 5.91 Å². The minimum atomic E-state index is -0.604. The lowest BCUT2D eigenvalue weighted by atomic mass is 10.2. The molecule has 5 nitrogen and oxygen atoms in total. The van der Waals surface area contributed by atoms with Gasteiger partial charge in [0, 0.05) is 16.9 Å². The summed E-state index contributed by atoms with van der Waals surface area (Å²) in [5.74, 6) is -0.604. The number of carbonyl (C=O) groups is 1. The van der Waals surface area contributed by atoms with E-state index in [9.17, 15) is 10.1 Å². The third-order valence-corrected chi connectivity index (χ3v) is 3.71. The van der Waals surface area contributed by atoms with Crippen molar-refractivity contribution in [1.82, 2.24) is 0 Å². The Kier molecular flexibility index (Phi) is 5.57. The van der Waals surface area contributed by atoms with Crippen LogP contribution in [-0.2, 0) is 4.79 Å². The second-order valence-electron chi connectivity index (χ2n) is 4.84. The average Bonchev–Trinajstić information content (AvgIpc) is 2.59. The normalized spacial score (nSPS) is 10.4. The maximum atomic E-state index is 12.2. The molecule has 0 radical (unpaired) electrons. The number of hydrogen-bond acceptors (Lipinski definition) is 4. The van der Waals surface area contributed by atoms with E-state index in [1.807, 2.05) is 19.1 Å². The first-order valence-corrected chi connectivity index (χ1v) is 7.37. The Hall–Kier alpha value is -3.28. The Balaban J connectivity index is 2.19. The van der Waals surface area contributed by atoms with Crippen LogP contribution in [0.1, 0.15) is 11.1 Å². The highest BCUT2D eigenvalue weighted by atomic mass is 35.5. The smallest absolute Gasteiger partial charge is 0.267 e. The van der Waals surface area contributed by atoms with Crippen molar-refractivity contribution >= 4 is 28.9 Å². The molecule has 0 unspecified atom stereocenters. The molecule has 6 heteroatoms. The van der Waals surface area contributed by atoms with Crippen LogP contribution in [0.25, 0.3) is 0 Å². The standard InChI is InChI=1S/C18H13ClN4O/c1-12-15(19)6-4-8-16(12)22-11-14(10-21)18(24)23-17-7-3-2-5-13(17)9-20/h2-8,11,22H,1H3,(H,23,24)/b14-11-. The molecule has 118 valence electrons. The Morgan fingerprint density at radius 3 is 2.54 bits per heavy atom. The molecule has 0 spiro atoms. The predicted octanol–water partition coefficient (Wildman–Crippen LogP) is 3.98. The zero-order chi connectivity index (χ0) is 17.5. The molecule has 0 fully saturated rings. The Morgan fingerprint density at radius 1 is 1.12 bits per heavy atom. The molecule has 0 saturated heterocycles. The van der Waals surface area contributed by atoms with Gasteiger partial charge in [0.05, 0.1) is 11.3 Å². The van der Waals surface area contributed by atoms with Gasteiger partial charge in [-0.1, -0.05) is 29.8 Å². The van der Waals surface area contributed by atoms with Gasteiger partial charge >= 0.3 is 0 Å². The molecular weight excluding hydrogens is 324 g/mol. The van der Waals surface area contributed by atoms with E-state index in [0.29, 0.717) is 22.0 Å². The van der Waals surface area contributed by atoms with Crippen LogP contribution in [0.15, 0.2) is 54.2 Å². The monoisotopic (exact) mass is 336 g/mol. The summed E-state index contributed by atoms with van der Waals surface area (Å²) in [6.07, 6.45) is 1.31. The minimum Gasteiger partial charge on any atom is -0.360 e. The van der Waals surface area contributed by atoms with Crippen molar-refractivity contribution in [1.29, 1.82) is 10.5 Å². The first-order valence-electron chi connectivity index (χ1n) is 6.99. The highest BCUT2D eigenvalue weighted by molar-refractivity contribution is 6.31. The molecule has 24 heavy (non-hydrogen) atoms. The summed E-state index contributed by atoms with van der Waals surface area (Å²) < 4.78 is 0. The summed E-state index contributed by atoms with van der Waals surface area (Å²) in [4.78, 5) is 12.2. The molecule has 2 N–H and O–H groups in total. The van der Waals surface area contributed by atoms with Crippen LogP contribution in [0, 0.1) is 29.6 Å². The average molecular weight is 337 g/mol. The summed E-state index contributed by atoms with van der Waals surface area (Å²) in [5, 5.41) is 24.3. The minimum absolute atomic E-state index is 0.123. The van der Waals surface area contributed by atoms with Crippen molar-refractivity contribution in [3.8, 4) is 12.1 Å². The Labute approximate surface area is 144 Å². The summed E-state index contributed by atoms with van der Waals surface area (Å²) in [5.41, 5.74) is 2.05. The highest BCUT2D eigenvalue weighted by Gasteiger charge is 2.11. The third kappa shape index (κ3) is 3.92. The Morgan fingerprint density at radius 2 is 1.83 bits per heavy atom.